The van der Waals surface area contributed by atoms with Crippen LogP contribution in [0.3, 0.4) is 0 Å². The van der Waals surface area contributed by atoms with E-state index in [1.807, 2.05) is 5.43 Å². The normalized spacial score (nSPS) is 16.9. The number of carbonyl (C=O) groups excluding carboxylic acids is 1. The van der Waals surface area contributed by atoms with Crippen molar-refractivity contribution in [1.29, 1.82) is 0 Å². The Morgan fingerprint density at radius 3 is 2.25 bits per heavy atom. The van der Waals surface area contributed by atoms with Gasteiger partial charge in [0.25, 0.3) is 5.91 Å². The molecule has 2 rings (SSSR count). The second-order valence-electron chi connectivity index (χ2n) is 4.95. The van der Waals surface area contributed by atoms with Crippen LogP contribution < -0.4 is 16.0 Å². The van der Waals surface area contributed by atoms with E-state index >= 15 is 0 Å². The van der Waals surface area contributed by atoms with Crippen LogP contribution in [0.15, 0.2) is 29.2 Å². The highest BCUT2D eigenvalue weighted by molar-refractivity contribution is 7.89. The van der Waals surface area contributed by atoms with E-state index in [1.54, 1.807) is 0 Å². The monoisotopic (exact) mass is 297 g/mol. The number of benzene rings is 1. The number of hydrogen-bond acceptors (Lipinski definition) is 4. The molecule has 0 saturated heterocycles. The molecule has 1 saturated carbocycles. The fourth-order valence-corrected chi connectivity index (χ4v) is 3.68. The molecule has 0 aromatic heterocycles. The Morgan fingerprint density at radius 1 is 1.10 bits per heavy atom. The molecule has 1 aromatic rings. The molecule has 0 radical (unpaired) electrons. The standard InChI is InChI=1S/C13H19N3O3S/c14-15-13(17)10-6-8-12(9-7-10)20(18,19)16-11-4-2-1-3-5-11/h6-9,11,16H,1-5,14H2,(H,15,17). The van der Waals surface area contributed by atoms with E-state index in [1.165, 1.54) is 30.7 Å². The first-order valence-corrected chi connectivity index (χ1v) is 8.14. The van der Waals surface area contributed by atoms with Gasteiger partial charge in [-0.15, -0.1) is 0 Å². The smallest absolute Gasteiger partial charge is 0.265 e. The second-order valence-corrected chi connectivity index (χ2v) is 6.67. The molecule has 1 amide bonds. The average Bonchev–Trinajstić information content (AvgIpc) is 2.47. The maximum atomic E-state index is 12.2. The van der Waals surface area contributed by atoms with Gasteiger partial charge in [0.05, 0.1) is 4.90 Å². The zero-order chi connectivity index (χ0) is 14.6. The quantitative estimate of drug-likeness (QED) is 0.436. The van der Waals surface area contributed by atoms with Gasteiger partial charge in [0.1, 0.15) is 0 Å². The molecule has 0 bridgehead atoms. The summed E-state index contributed by atoms with van der Waals surface area (Å²) in [7, 11) is -3.52. The predicted octanol–water partition coefficient (Wildman–Crippen LogP) is 0.901. The van der Waals surface area contributed by atoms with Crippen molar-refractivity contribution in [3.8, 4) is 0 Å². The highest BCUT2D eigenvalue weighted by Crippen LogP contribution is 2.20. The number of rotatable bonds is 4. The summed E-state index contributed by atoms with van der Waals surface area (Å²) in [5.74, 6) is 4.57. The van der Waals surface area contributed by atoms with Crippen LogP contribution in [0.2, 0.25) is 0 Å². The fourth-order valence-electron chi connectivity index (χ4n) is 2.38. The van der Waals surface area contributed by atoms with Crippen molar-refractivity contribution in [2.45, 2.75) is 43.0 Å². The van der Waals surface area contributed by atoms with Gasteiger partial charge in [0.15, 0.2) is 0 Å². The summed E-state index contributed by atoms with van der Waals surface area (Å²) >= 11 is 0. The van der Waals surface area contributed by atoms with Gasteiger partial charge in [0, 0.05) is 11.6 Å². The maximum Gasteiger partial charge on any atom is 0.265 e. The van der Waals surface area contributed by atoms with E-state index in [9.17, 15) is 13.2 Å². The van der Waals surface area contributed by atoms with Crippen molar-refractivity contribution in [3.05, 3.63) is 29.8 Å². The third-order valence-electron chi connectivity index (χ3n) is 3.48. The number of hydrazine groups is 1. The Labute approximate surface area is 118 Å². The van der Waals surface area contributed by atoms with Gasteiger partial charge in [-0.05, 0) is 37.1 Å². The van der Waals surface area contributed by atoms with Crippen molar-refractivity contribution < 1.29 is 13.2 Å². The molecule has 7 heteroatoms. The van der Waals surface area contributed by atoms with Crippen LogP contribution in [0.5, 0.6) is 0 Å². The van der Waals surface area contributed by atoms with Crippen LogP contribution in [0.1, 0.15) is 42.5 Å². The minimum absolute atomic E-state index is 0.0146. The molecule has 1 fully saturated rings. The lowest BCUT2D eigenvalue weighted by atomic mass is 9.96. The van der Waals surface area contributed by atoms with E-state index < -0.39 is 15.9 Å². The van der Waals surface area contributed by atoms with E-state index in [4.69, 9.17) is 5.84 Å². The predicted molar refractivity (Wildman–Crippen MR) is 75.3 cm³/mol. The molecule has 4 N–H and O–H groups in total. The lowest BCUT2D eigenvalue weighted by molar-refractivity contribution is 0.0953. The lowest BCUT2D eigenvalue weighted by Crippen LogP contribution is -2.36. The number of nitrogens with two attached hydrogens (primary N) is 1. The van der Waals surface area contributed by atoms with Gasteiger partial charge >= 0.3 is 0 Å². The molecule has 0 heterocycles. The van der Waals surface area contributed by atoms with Gasteiger partial charge in [-0.3, -0.25) is 10.2 Å². The third-order valence-corrected chi connectivity index (χ3v) is 5.02. The van der Waals surface area contributed by atoms with Crippen molar-refractivity contribution in [2.75, 3.05) is 0 Å². The highest BCUT2D eigenvalue weighted by atomic mass is 32.2. The molecule has 0 atom stereocenters. The lowest BCUT2D eigenvalue weighted by Gasteiger charge is -2.22. The zero-order valence-electron chi connectivity index (χ0n) is 11.1. The molecule has 1 aliphatic carbocycles. The zero-order valence-corrected chi connectivity index (χ0v) is 11.9. The van der Waals surface area contributed by atoms with Crippen molar-refractivity contribution in [3.63, 3.8) is 0 Å². The third kappa shape index (κ3) is 3.56. The summed E-state index contributed by atoms with van der Waals surface area (Å²) in [6.07, 6.45) is 5.05. The topological polar surface area (TPSA) is 101 Å². The molecule has 20 heavy (non-hydrogen) atoms. The van der Waals surface area contributed by atoms with Crippen LogP contribution in [0.25, 0.3) is 0 Å². The Hall–Kier alpha value is -1.44. The second kappa shape index (κ2) is 6.34. The minimum atomic E-state index is -3.52. The van der Waals surface area contributed by atoms with E-state index in [2.05, 4.69) is 4.72 Å². The molecule has 1 aromatic carbocycles. The number of nitrogens with one attached hydrogen (secondary N) is 2. The molecule has 0 aliphatic heterocycles. The van der Waals surface area contributed by atoms with E-state index in [0.29, 0.717) is 5.56 Å². The summed E-state index contributed by atoms with van der Waals surface area (Å²) in [6.45, 7) is 0. The fraction of sp³-hybridized carbons (Fsp3) is 0.462. The molecule has 1 aliphatic rings. The average molecular weight is 297 g/mol. The van der Waals surface area contributed by atoms with Crippen molar-refractivity contribution in [1.82, 2.24) is 10.1 Å². The van der Waals surface area contributed by atoms with Gasteiger partial charge < -0.3 is 0 Å². The van der Waals surface area contributed by atoms with E-state index in [0.717, 1.165) is 25.7 Å². The maximum absolute atomic E-state index is 12.2. The van der Waals surface area contributed by atoms with Crippen LogP contribution in [-0.4, -0.2) is 20.4 Å². The van der Waals surface area contributed by atoms with Crippen LogP contribution in [-0.2, 0) is 10.0 Å². The Morgan fingerprint density at radius 2 is 1.70 bits per heavy atom. The number of carbonyl (C=O) groups is 1. The summed E-state index contributed by atoms with van der Waals surface area (Å²) in [4.78, 5) is 11.5. The van der Waals surface area contributed by atoms with Gasteiger partial charge in [-0.2, -0.15) is 0 Å². The molecular weight excluding hydrogens is 278 g/mol. The van der Waals surface area contributed by atoms with Crippen molar-refractivity contribution >= 4 is 15.9 Å². The van der Waals surface area contributed by atoms with E-state index in [-0.39, 0.29) is 10.9 Å². The Kier molecular flexibility index (Phi) is 4.74. The summed E-state index contributed by atoms with van der Waals surface area (Å²) < 4.78 is 27.2. The number of hydrogen-bond donors (Lipinski definition) is 3. The number of sulfonamides is 1. The first-order valence-electron chi connectivity index (χ1n) is 6.66. The SMILES string of the molecule is NNC(=O)c1ccc(S(=O)(=O)NC2CCCCC2)cc1. The first kappa shape index (κ1) is 15.0. The molecule has 110 valence electrons. The van der Waals surface area contributed by atoms with Crippen LogP contribution in [0, 0.1) is 0 Å². The highest BCUT2D eigenvalue weighted by Gasteiger charge is 2.21. The molecule has 0 unspecified atom stereocenters. The molecular formula is C13H19N3O3S. The summed E-state index contributed by atoms with van der Waals surface area (Å²) in [5.41, 5.74) is 2.32. The van der Waals surface area contributed by atoms with Crippen molar-refractivity contribution in [2.24, 2.45) is 5.84 Å². The van der Waals surface area contributed by atoms with Gasteiger partial charge in [0.2, 0.25) is 10.0 Å². The van der Waals surface area contributed by atoms with Crippen LogP contribution in [0.4, 0.5) is 0 Å². The first-order chi connectivity index (χ1) is 9.53. The largest absolute Gasteiger partial charge is 0.290 e. The Balaban J connectivity index is 2.10. The molecule has 0 spiro atoms. The molecule has 6 nitrogen and oxygen atoms in total. The number of nitrogen functional groups attached to an aromatic ring is 1. The summed E-state index contributed by atoms with van der Waals surface area (Å²) in [6, 6.07) is 5.72. The van der Waals surface area contributed by atoms with Crippen LogP contribution >= 0.6 is 0 Å². The number of amides is 1. The van der Waals surface area contributed by atoms with Gasteiger partial charge in [-0.25, -0.2) is 19.0 Å². The minimum Gasteiger partial charge on any atom is -0.290 e. The Bertz CT molecular complexity index is 563. The summed E-state index contributed by atoms with van der Waals surface area (Å²) in [5, 5.41) is 0. The van der Waals surface area contributed by atoms with Gasteiger partial charge in [-0.1, -0.05) is 19.3 Å².